The van der Waals surface area contributed by atoms with Gasteiger partial charge in [0, 0.05) is 12.3 Å². The van der Waals surface area contributed by atoms with Gasteiger partial charge in [-0.25, -0.2) is 0 Å². The van der Waals surface area contributed by atoms with Gasteiger partial charge in [-0.05, 0) is 30.6 Å². The van der Waals surface area contributed by atoms with Gasteiger partial charge < -0.3 is 0 Å². The Kier molecular flexibility index (Phi) is 1.86. The summed E-state index contributed by atoms with van der Waals surface area (Å²) in [4.78, 5) is 11.8. The number of hydrogen-bond acceptors (Lipinski definition) is 1. The molecule has 3 unspecified atom stereocenters. The Bertz CT molecular complexity index is 266. The third-order valence-corrected chi connectivity index (χ3v) is 4.32. The Morgan fingerprint density at radius 2 is 2.15 bits per heavy atom. The van der Waals surface area contributed by atoms with Gasteiger partial charge in [-0.15, -0.1) is 0 Å². The number of rotatable bonds is 0. The molecule has 2 saturated carbocycles. The van der Waals surface area contributed by atoms with Crippen LogP contribution in [-0.4, -0.2) is 5.78 Å². The second kappa shape index (κ2) is 2.70. The van der Waals surface area contributed by atoms with Crippen LogP contribution in [0.15, 0.2) is 12.2 Å². The first-order chi connectivity index (χ1) is 6.05. The lowest BCUT2D eigenvalue weighted by molar-refractivity contribution is -0.129. The van der Waals surface area contributed by atoms with Gasteiger partial charge in [-0.3, -0.25) is 4.79 Å². The number of allylic oxidation sites excluding steroid dienone is 1. The van der Waals surface area contributed by atoms with Crippen LogP contribution in [0.3, 0.4) is 0 Å². The number of carbonyl (C=O) groups excluding carboxylic acids is 1. The summed E-state index contributed by atoms with van der Waals surface area (Å²) in [5.41, 5.74) is 1.44. The lowest BCUT2D eigenvalue weighted by Crippen LogP contribution is -2.39. The highest BCUT2D eigenvalue weighted by Crippen LogP contribution is 2.55. The van der Waals surface area contributed by atoms with Gasteiger partial charge in [0.15, 0.2) is 0 Å². The van der Waals surface area contributed by atoms with E-state index in [1.54, 1.807) is 0 Å². The first-order valence-electron chi connectivity index (χ1n) is 5.26. The fourth-order valence-electron chi connectivity index (χ4n) is 3.14. The van der Waals surface area contributed by atoms with Crippen LogP contribution in [0.25, 0.3) is 0 Å². The van der Waals surface area contributed by atoms with Crippen molar-refractivity contribution in [2.24, 2.45) is 17.3 Å². The molecule has 0 spiro atoms. The Morgan fingerprint density at radius 3 is 2.77 bits per heavy atom. The van der Waals surface area contributed by atoms with E-state index < -0.39 is 0 Å². The first kappa shape index (κ1) is 8.98. The van der Waals surface area contributed by atoms with Gasteiger partial charge in [-0.1, -0.05) is 26.0 Å². The number of ketones is 1. The minimum absolute atomic E-state index is 0.191. The molecule has 1 nitrogen and oxygen atoms in total. The molecule has 0 N–H and O–H groups in total. The molecule has 0 aliphatic heterocycles. The smallest absolute Gasteiger partial charge is 0.140 e. The standard InChI is InChI=1S/C12H18O/c1-8-6-7-12(3)9(2)4-5-10(13)11(8)12/h9,11H,1,4-7H2,2-3H3. The molecule has 72 valence electrons. The largest absolute Gasteiger partial charge is 0.299 e. The summed E-state index contributed by atoms with van der Waals surface area (Å²) in [6, 6.07) is 0. The van der Waals surface area contributed by atoms with Crippen molar-refractivity contribution in [2.45, 2.75) is 39.5 Å². The van der Waals surface area contributed by atoms with Crippen molar-refractivity contribution in [2.75, 3.05) is 0 Å². The van der Waals surface area contributed by atoms with E-state index >= 15 is 0 Å². The van der Waals surface area contributed by atoms with Crippen molar-refractivity contribution in [3.63, 3.8) is 0 Å². The summed E-state index contributed by atoms with van der Waals surface area (Å²) < 4.78 is 0. The third kappa shape index (κ3) is 1.09. The zero-order valence-electron chi connectivity index (χ0n) is 8.60. The van der Waals surface area contributed by atoms with Crippen LogP contribution < -0.4 is 0 Å². The number of Topliss-reactive ketones (excluding diaryl/α,β-unsaturated/α-hetero) is 1. The maximum absolute atomic E-state index is 11.8. The molecule has 0 aromatic heterocycles. The highest BCUT2D eigenvalue weighted by molar-refractivity contribution is 5.86. The Balaban J connectivity index is 2.37. The van der Waals surface area contributed by atoms with Crippen molar-refractivity contribution in [1.29, 1.82) is 0 Å². The first-order valence-corrected chi connectivity index (χ1v) is 5.26. The summed E-state index contributed by atoms with van der Waals surface area (Å²) in [7, 11) is 0. The normalized spacial score (nSPS) is 45.1. The molecule has 0 aromatic rings. The number of carbonyl (C=O) groups is 1. The van der Waals surface area contributed by atoms with Gasteiger partial charge in [-0.2, -0.15) is 0 Å². The molecule has 0 saturated heterocycles. The lowest BCUT2D eigenvalue weighted by Gasteiger charge is -2.41. The van der Waals surface area contributed by atoms with Crippen LogP contribution in [0.5, 0.6) is 0 Å². The summed E-state index contributed by atoms with van der Waals surface area (Å²) in [6.45, 7) is 8.61. The van der Waals surface area contributed by atoms with Crippen LogP contribution >= 0.6 is 0 Å². The Morgan fingerprint density at radius 1 is 1.46 bits per heavy atom. The van der Waals surface area contributed by atoms with Gasteiger partial charge in [0.1, 0.15) is 5.78 Å². The molecule has 0 amide bonds. The van der Waals surface area contributed by atoms with E-state index in [4.69, 9.17) is 0 Å². The molecule has 13 heavy (non-hydrogen) atoms. The lowest BCUT2D eigenvalue weighted by atomic mass is 9.62. The minimum atomic E-state index is 0.191. The fourth-order valence-corrected chi connectivity index (χ4v) is 3.14. The van der Waals surface area contributed by atoms with Crippen LogP contribution in [-0.2, 0) is 4.79 Å². The molecule has 1 heteroatoms. The van der Waals surface area contributed by atoms with Gasteiger partial charge in [0.05, 0.1) is 0 Å². The van der Waals surface area contributed by atoms with E-state index in [1.807, 2.05) is 0 Å². The topological polar surface area (TPSA) is 17.1 Å². The zero-order chi connectivity index (χ0) is 9.64. The second-order valence-electron chi connectivity index (χ2n) is 5.00. The van der Waals surface area contributed by atoms with E-state index in [1.165, 1.54) is 12.0 Å². The molecule has 2 rings (SSSR count). The molecule has 0 heterocycles. The van der Waals surface area contributed by atoms with Crippen molar-refractivity contribution in [3.8, 4) is 0 Å². The van der Waals surface area contributed by atoms with E-state index in [9.17, 15) is 4.79 Å². The molecular formula is C12H18O. The molecule has 2 fully saturated rings. The Hall–Kier alpha value is -0.590. The van der Waals surface area contributed by atoms with E-state index in [0.29, 0.717) is 11.7 Å². The Labute approximate surface area is 80.2 Å². The molecule has 0 radical (unpaired) electrons. The van der Waals surface area contributed by atoms with Crippen LogP contribution in [0.1, 0.15) is 39.5 Å². The SMILES string of the molecule is C=C1CCC2(C)C(C)CCC(=O)C12. The van der Waals surface area contributed by atoms with Crippen molar-refractivity contribution in [1.82, 2.24) is 0 Å². The maximum Gasteiger partial charge on any atom is 0.140 e. The molecule has 0 bridgehead atoms. The number of fused-ring (bicyclic) bond motifs is 1. The van der Waals surface area contributed by atoms with Gasteiger partial charge in [0.25, 0.3) is 0 Å². The van der Waals surface area contributed by atoms with E-state index in [-0.39, 0.29) is 11.3 Å². The van der Waals surface area contributed by atoms with Crippen LogP contribution in [0, 0.1) is 17.3 Å². The molecule has 2 aliphatic rings. The highest BCUT2D eigenvalue weighted by Gasteiger charge is 2.50. The average Bonchev–Trinajstić information content (AvgIpc) is 2.38. The maximum atomic E-state index is 11.8. The van der Waals surface area contributed by atoms with Crippen molar-refractivity contribution >= 4 is 5.78 Å². The molecular weight excluding hydrogens is 160 g/mol. The molecule has 3 atom stereocenters. The fraction of sp³-hybridized carbons (Fsp3) is 0.750. The average molecular weight is 178 g/mol. The highest BCUT2D eigenvalue weighted by atomic mass is 16.1. The van der Waals surface area contributed by atoms with Crippen LogP contribution in [0.2, 0.25) is 0 Å². The summed E-state index contributed by atoms with van der Waals surface area (Å²) in [6.07, 6.45) is 4.10. The predicted molar refractivity (Wildman–Crippen MR) is 53.4 cm³/mol. The second-order valence-corrected chi connectivity index (χ2v) is 5.00. The minimum Gasteiger partial charge on any atom is -0.299 e. The summed E-state index contributed by atoms with van der Waals surface area (Å²) in [5.74, 6) is 1.33. The van der Waals surface area contributed by atoms with Crippen LogP contribution in [0.4, 0.5) is 0 Å². The third-order valence-electron chi connectivity index (χ3n) is 4.32. The quantitative estimate of drug-likeness (QED) is 0.521. The van der Waals surface area contributed by atoms with E-state index in [0.717, 1.165) is 19.3 Å². The predicted octanol–water partition coefficient (Wildman–Crippen LogP) is 2.96. The molecule has 0 aromatic carbocycles. The van der Waals surface area contributed by atoms with Gasteiger partial charge >= 0.3 is 0 Å². The van der Waals surface area contributed by atoms with Gasteiger partial charge in [0.2, 0.25) is 0 Å². The number of hydrogen-bond donors (Lipinski definition) is 0. The van der Waals surface area contributed by atoms with E-state index in [2.05, 4.69) is 20.4 Å². The summed E-state index contributed by atoms with van der Waals surface area (Å²) in [5, 5.41) is 0. The summed E-state index contributed by atoms with van der Waals surface area (Å²) >= 11 is 0. The van der Waals surface area contributed by atoms with Crippen molar-refractivity contribution < 1.29 is 4.79 Å². The molecule has 2 aliphatic carbocycles. The zero-order valence-corrected chi connectivity index (χ0v) is 8.60. The van der Waals surface area contributed by atoms with Crippen molar-refractivity contribution in [3.05, 3.63) is 12.2 Å². The monoisotopic (exact) mass is 178 g/mol.